The Balaban J connectivity index is 2.39. The lowest BCUT2D eigenvalue weighted by Gasteiger charge is -2.14. The largest absolute Gasteiger partial charge is 0.433 e. The monoisotopic (exact) mass is 444 g/mol. The van der Waals surface area contributed by atoms with Crippen LogP contribution in [0.2, 0.25) is 0 Å². The second-order valence-corrected chi connectivity index (χ2v) is 5.78. The maximum Gasteiger partial charge on any atom is 0.433 e. The number of halogens is 7. The van der Waals surface area contributed by atoms with E-state index in [-0.39, 0.29) is 29.1 Å². The van der Waals surface area contributed by atoms with Gasteiger partial charge in [-0.2, -0.15) is 31.3 Å². The molecule has 0 unspecified atom stereocenters. The van der Waals surface area contributed by atoms with Gasteiger partial charge in [-0.25, -0.2) is 4.98 Å². The van der Waals surface area contributed by atoms with E-state index in [0.717, 1.165) is 12.1 Å². The Hall–Kier alpha value is -2.08. The van der Waals surface area contributed by atoms with Crippen molar-refractivity contribution in [1.82, 2.24) is 9.97 Å². The molecule has 5 nitrogen and oxygen atoms in total. The highest BCUT2D eigenvalue weighted by molar-refractivity contribution is 9.10. The molecule has 142 valence electrons. The number of nitrogens with zero attached hydrogens (tertiary/aromatic N) is 2. The lowest BCUT2D eigenvalue weighted by molar-refractivity contribution is -0.141. The summed E-state index contributed by atoms with van der Waals surface area (Å²) in [6.45, 7) is -0.471. The first-order valence-electron chi connectivity index (χ1n) is 6.95. The molecule has 0 fully saturated rings. The highest BCUT2D eigenvalue weighted by Gasteiger charge is 2.34. The second kappa shape index (κ2) is 7.66. The highest BCUT2D eigenvalue weighted by atomic mass is 79.9. The van der Waals surface area contributed by atoms with Crippen LogP contribution in [0.1, 0.15) is 11.3 Å². The topological polar surface area (TPSA) is 70.1 Å². The Morgan fingerprint density at radius 3 is 2.27 bits per heavy atom. The van der Waals surface area contributed by atoms with Crippen LogP contribution in [0.3, 0.4) is 0 Å². The van der Waals surface area contributed by atoms with Crippen LogP contribution in [0.5, 0.6) is 0 Å². The van der Waals surface area contributed by atoms with E-state index in [1.54, 1.807) is 0 Å². The molecule has 1 heterocycles. The van der Waals surface area contributed by atoms with Crippen LogP contribution in [0.25, 0.3) is 0 Å². The van der Waals surface area contributed by atoms with Crippen molar-refractivity contribution in [3.63, 3.8) is 0 Å². The van der Waals surface area contributed by atoms with Crippen molar-refractivity contribution in [2.24, 2.45) is 0 Å². The summed E-state index contributed by atoms with van der Waals surface area (Å²) < 4.78 is 77.4. The van der Waals surface area contributed by atoms with Gasteiger partial charge in [0.1, 0.15) is 5.82 Å². The summed E-state index contributed by atoms with van der Waals surface area (Å²) >= 11 is 2.77. The quantitative estimate of drug-likeness (QED) is 0.595. The van der Waals surface area contributed by atoms with Crippen molar-refractivity contribution in [3.8, 4) is 0 Å². The molecule has 12 heteroatoms. The summed E-state index contributed by atoms with van der Waals surface area (Å²) in [6.07, 6.45) is -9.43. The Labute approximate surface area is 151 Å². The van der Waals surface area contributed by atoms with E-state index in [1.165, 1.54) is 6.07 Å². The number of aliphatic hydroxyl groups is 1. The Morgan fingerprint density at radius 1 is 1.00 bits per heavy atom. The van der Waals surface area contributed by atoms with Crippen LogP contribution in [0, 0.1) is 0 Å². The minimum atomic E-state index is -4.79. The molecule has 0 atom stereocenters. The van der Waals surface area contributed by atoms with Gasteiger partial charge in [-0.15, -0.1) is 0 Å². The van der Waals surface area contributed by atoms with Crippen molar-refractivity contribution in [1.29, 1.82) is 0 Å². The lowest BCUT2D eigenvalue weighted by atomic mass is 10.2. The number of alkyl halides is 6. The molecule has 0 aliphatic rings. The zero-order valence-electron chi connectivity index (χ0n) is 12.7. The van der Waals surface area contributed by atoms with Crippen molar-refractivity contribution in [3.05, 3.63) is 40.0 Å². The highest BCUT2D eigenvalue weighted by Crippen LogP contribution is 2.37. The molecular weight excluding hydrogens is 434 g/mol. The zero-order chi connectivity index (χ0) is 19.5. The van der Waals surface area contributed by atoms with Gasteiger partial charge in [0.15, 0.2) is 5.69 Å². The molecule has 3 N–H and O–H groups in total. The van der Waals surface area contributed by atoms with E-state index in [2.05, 4.69) is 36.5 Å². The van der Waals surface area contributed by atoms with Gasteiger partial charge in [-0.3, -0.25) is 0 Å². The van der Waals surface area contributed by atoms with Gasteiger partial charge in [0.25, 0.3) is 0 Å². The molecule has 0 bridgehead atoms. The summed E-state index contributed by atoms with van der Waals surface area (Å²) in [6, 6.07) is 3.66. The number of hydrogen-bond acceptors (Lipinski definition) is 5. The third-order valence-electron chi connectivity index (χ3n) is 2.96. The van der Waals surface area contributed by atoms with Gasteiger partial charge in [0.05, 0.1) is 12.2 Å². The SMILES string of the molecule is OCCNc1nc(Nc2ccc(Br)c(C(F)(F)F)c2)cc(C(F)(F)F)n1. The second-order valence-electron chi connectivity index (χ2n) is 4.93. The summed E-state index contributed by atoms with van der Waals surface area (Å²) in [5.41, 5.74) is -2.39. The Bertz CT molecular complexity index is 781. The molecule has 0 aliphatic carbocycles. The van der Waals surface area contributed by atoms with Crippen LogP contribution in [0.4, 0.5) is 43.8 Å². The van der Waals surface area contributed by atoms with Crippen LogP contribution in [0.15, 0.2) is 28.7 Å². The first-order valence-corrected chi connectivity index (χ1v) is 7.75. The molecule has 1 aromatic carbocycles. The number of benzene rings is 1. The van der Waals surface area contributed by atoms with Crippen LogP contribution >= 0.6 is 15.9 Å². The third-order valence-corrected chi connectivity index (χ3v) is 3.65. The average molecular weight is 445 g/mol. The molecule has 26 heavy (non-hydrogen) atoms. The number of aliphatic hydroxyl groups excluding tert-OH is 1. The van der Waals surface area contributed by atoms with Gasteiger partial charge in [0.2, 0.25) is 5.95 Å². The van der Waals surface area contributed by atoms with Crippen LogP contribution in [-0.4, -0.2) is 28.2 Å². The molecule has 0 saturated heterocycles. The van der Waals surface area contributed by atoms with Crippen molar-refractivity contribution in [2.75, 3.05) is 23.8 Å². The molecule has 1 aromatic heterocycles. The fraction of sp³-hybridized carbons (Fsp3) is 0.286. The van der Waals surface area contributed by atoms with E-state index in [4.69, 9.17) is 5.11 Å². The van der Waals surface area contributed by atoms with E-state index in [9.17, 15) is 26.3 Å². The summed E-state index contributed by atoms with van der Waals surface area (Å²) in [5.74, 6) is -0.784. The number of aromatic nitrogens is 2. The third kappa shape index (κ3) is 5.21. The van der Waals surface area contributed by atoms with Gasteiger partial charge >= 0.3 is 12.4 Å². The predicted octanol–water partition coefficient (Wildman–Crippen LogP) is 4.42. The number of rotatable bonds is 5. The van der Waals surface area contributed by atoms with E-state index in [1.807, 2.05) is 0 Å². The Morgan fingerprint density at radius 2 is 1.69 bits per heavy atom. The molecular formula is C14H11BrF6N4O. The summed E-state index contributed by atoms with van der Waals surface area (Å²) in [5, 5.41) is 13.5. The van der Waals surface area contributed by atoms with E-state index in [0.29, 0.717) is 6.07 Å². The smallest absolute Gasteiger partial charge is 0.395 e. The normalized spacial score (nSPS) is 12.2. The molecule has 2 rings (SSSR count). The fourth-order valence-corrected chi connectivity index (χ4v) is 2.34. The maximum atomic E-state index is 12.9. The number of anilines is 3. The van der Waals surface area contributed by atoms with Gasteiger partial charge < -0.3 is 15.7 Å². The van der Waals surface area contributed by atoms with Gasteiger partial charge in [-0.05, 0) is 18.2 Å². The predicted molar refractivity (Wildman–Crippen MR) is 85.0 cm³/mol. The molecule has 0 spiro atoms. The van der Waals surface area contributed by atoms with Crippen molar-refractivity contribution < 1.29 is 31.4 Å². The van der Waals surface area contributed by atoms with Crippen LogP contribution in [-0.2, 0) is 12.4 Å². The average Bonchev–Trinajstić information content (AvgIpc) is 2.52. The first-order chi connectivity index (χ1) is 12.0. The standard InChI is InChI=1S/C14H11BrF6N4O/c15-9-2-1-7(5-8(9)13(16,17)18)23-11-6-10(14(19,20)21)24-12(25-11)22-3-4-26/h1-2,5-6,26H,3-4H2,(H2,22,23,24,25). The zero-order valence-corrected chi connectivity index (χ0v) is 14.3. The van der Waals surface area contributed by atoms with Gasteiger partial charge in [0, 0.05) is 22.8 Å². The van der Waals surface area contributed by atoms with E-state index < -0.39 is 29.6 Å². The minimum Gasteiger partial charge on any atom is -0.395 e. The molecule has 0 aliphatic heterocycles. The molecule has 0 saturated carbocycles. The fourth-order valence-electron chi connectivity index (χ4n) is 1.87. The van der Waals surface area contributed by atoms with Crippen molar-refractivity contribution >= 4 is 33.4 Å². The van der Waals surface area contributed by atoms with E-state index >= 15 is 0 Å². The lowest BCUT2D eigenvalue weighted by Crippen LogP contribution is -2.15. The number of hydrogen-bond donors (Lipinski definition) is 3. The Kier molecular flexibility index (Phi) is 5.96. The first kappa shape index (κ1) is 20.2. The van der Waals surface area contributed by atoms with Crippen molar-refractivity contribution in [2.45, 2.75) is 12.4 Å². The van der Waals surface area contributed by atoms with Gasteiger partial charge in [-0.1, -0.05) is 15.9 Å². The summed E-state index contributed by atoms with van der Waals surface area (Å²) in [4.78, 5) is 7.03. The molecule has 0 amide bonds. The summed E-state index contributed by atoms with van der Waals surface area (Å²) in [7, 11) is 0. The molecule has 0 radical (unpaired) electrons. The maximum absolute atomic E-state index is 12.9. The minimum absolute atomic E-state index is 0.0999. The molecule has 2 aromatic rings. The van der Waals surface area contributed by atoms with Crippen LogP contribution < -0.4 is 10.6 Å². The number of nitrogens with one attached hydrogen (secondary N) is 2.